The number of aromatic nitrogens is 1. The number of amides is 1. The first kappa shape index (κ1) is 21.4. The number of pyridine rings is 1. The Morgan fingerprint density at radius 3 is 2.52 bits per heavy atom. The maximum Gasteiger partial charge on any atom is 0.242 e. The van der Waals surface area contributed by atoms with Gasteiger partial charge in [-0.1, -0.05) is 24.3 Å². The van der Waals surface area contributed by atoms with E-state index in [2.05, 4.69) is 32.1 Å². The minimum absolute atomic E-state index is 0.0293. The number of hydrogen-bond donors (Lipinski definition) is 2. The Labute approximate surface area is 171 Å². The molecule has 2 N–H and O–H groups in total. The number of sulfonamides is 1. The highest BCUT2D eigenvalue weighted by molar-refractivity contribution is 7.89. The summed E-state index contributed by atoms with van der Waals surface area (Å²) in [7, 11) is -3.64. The first-order chi connectivity index (χ1) is 14.0. The maximum absolute atomic E-state index is 12.1. The fourth-order valence-electron chi connectivity index (χ4n) is 2.96. The van der Waals surface area contributed by atoms with Crippen molar-refractivity contribution in [2.45, 2.75) is 24.4 Å². The van der Waals surface area contributed by atoms with Gasteiger partial charge in [0.2, 0.25) is 15.9 Å². The molecule has 1 saturated heterocycles. The molecule has 2 aromatic rings. The van der Waals surface area contributed by atoms with Crippen LogP contribution in [-0.2, 0) is 32.6 Å². The van der Waals surface area contributed by atoms with Gasteiger partial charge in [0.1, 0.15) is 4.90 Å². The summed E-state index contributed by atoms with van der Waals surface area (Å²) in [6.45, 7) is 4.79. The molecular formula is C20H26N4O4S. The quantitative estimate of drug-likeness (QED) is 0.628. The minimum atomic E-state index is -3.64. The van der Waals surface area contributed by atoms with Crippen LogP contribution in [-0.4, -0.2) is 57.1 Å². The molecule has 0 bridgehead atoms. The van der Waals surface area contributed by atoms with Gasteiger partial charge in [-0.15, -0.1) is 0 Å². The molecular weight excluding hydrogens is 392 g/mol. The van der Waals surface area contributed by atoms with Crippen LogP contribution in [0.25, 0.3) is 0 Å². The molecule has 1 aromatic carbocycles. The maximum atomic E-state index is 12.1. The number of nitrogens with zero attached hydrogens (tertiary/aromatic N) is 2. The normalized spacial score (nSPS) is 15.2. The van der Waals surface area contributed by atoms with Gasteiger partial charge < -0.3 is 10.1 Å². The van der Waals surface area contributed by atoms with Crippen molar-refractivity contribution in [1.82, 2.24) is 19.9 Å². The number of hydrogen-bond acceptors (Lipinski definition) is 6. The third-order valence-corrected chi connectivity index (χ3v) is 6.06. The zero-order valence-electron chi connectivity index (χ0n) is 16.2. The second-order valence-electron chi connectivity index (χ2n) is 6.82. The molecule has 8 nitrogen and oxygen atoms in total. The lowest BCUT2D eigenvalue weighted by molar-refractivity contribution is -0.121. The van der Waals surface area contributed by atoms with E-state index in [9.17, 15) is 13.2 Å². The third kappa shape index (κ3) is 6.90. The first-order valence-electron chi connectivity index (χ1n) is 9.57. The topological polar surface area (TPSA) is 101 Å². The Morgan fingerprint density at radius 2 is 1.83 bits per heavy atom. The van der Waals surface area contributed by atoms with Gasteiger partial charge in [-0.05, 0) is 23.3 Å². The van der Waals surface area contributed by atoms with Crippen molar-refractivity contribution < 1.29 is 17.9 Å². The lowest BCUT2D eigenvalue weighted by Crippen LogP contribution is -2.35. The molecule has 1 aliphatic heterocycles. The van der Waals surface area contributed by atoms with Crippen molar-refractivity contribution in [2.24, 2.45) is 0 Å². The SMILES string of the molecule is O=C(CCNS(=O)(=O)c1cccnc1)NCc1ccc(CN2CCOCC2)cc1. The Bertz CT molecular complexity index is 882. The predicted molar refractivity (Wildman–Crippen MR) is 108 cm³/mol. The Hall–Kier alpha value is -2.33. The molecule has 0 aliphatic carbocycles. The highest BCUT2D eigenvalue weighted by atomic mass is 32.2. The van der Waals surface area contributed by atoms with E-state index in [0.717, 1.165) is 38.4 Å². The molecule has 1 aliphatic rings. The van der Waals surface area contributed by atoms with Crippen molar-refractivity contribution in [3.63, 3.8) is 0 Å². The summed E-state index contributed by atoms with van der Waals surface area (Å²) in [5.41, 5.74) is 2.23. The number of rotatable bonds is 9. The smallest absolute Gasteiger partial charge is 0.242 e. The monoisotopic (exact) mass is 418 g/mol. The van der Waals surface area contributed by atoms with Crippen LogP contribution in [0.5, 0.6) is 0 Å². The number of benzene rings is 1. The largest absolute Gasteiger partial charge is 0.379 e. The Morgan fingerprint density at radius 1 is 1.10 bits per heavy atom. The zero-order chi connectivity index (χ0) is 20.5. The second-order valence-corrected chi connectivity index (χ2v) is 8.59. The standard InChI is InChI=1S/C20H26N4O4S/c25-20(7-9-23-29(26,27)19-2-1-8-21-15-19)22-14-17-3-5-18(6-4-17)16-24-10-12-28-13-11-24/h1-6,8,15,23H,7,9-14,16H2,(H,22,25). The van der Waals surface area contributed by atoms with Crippen LogP contribution in [0, 0.1) is 0 Å². The van der Waals surface area contributed by atoms with E-state index in [4.69, 9.17) is 4.74 Å². The number of ether oxygens (including phenoxy) is 1. The highest BCUT2D eigenvalue weighted by Gasteiger charge is 2.14. The first-order valence-corrected chi connectivity index (χ1v) is 11.1. The van der Waals surface area contributed by atoms with Crippen LogP contribution >= 0.6 is 0 Å². The summed E-state index contributed by atoms with van der Waals surface area (Å²) >= 11 is 0. The summed E-state index contributed by atoms with van der Waals surface area (Å²) < 4.78 is 31.9. The number of morpholine rings is 1. The summed E-state index contributed by atoms with van der Waals surface area (Å²) in [4.78, 5) is 18.2. The van der Waals surface area contributed by atoms with Gasteiger partial charge in [0.25, 0.3) is 0 Å². The fourth-order valence-corrected chi connectivity index (χ4v) is 3.95. The minimum Gasteiger partial charge on any atom is -0.379 e. The summed E-state index contributed by atoms with van der Waals surface area (Å²) in [5, 5.41) is 2.81. The van der Waals surface area contributed by atoms with Crippen molar-refractivity contribution in [3.8, 4) is 0 Å². The van der Waals surface area contributed by atoms with Gasteiger partial charge >= 0.3 is 0 Å². The van der Waals surface area contributed by atoms with Crippen molar-refractivity contribution >= 4 is 15.9 Å². The van der Waals surface area contributed by atoms with E-state index in [1.54, 1.807) is 6.07 Å². The fraction of sp³-hybridized carbons (Fsp3) is 0.400. The van der Waals surface area contributed by atoms with E-state index in [0.29, 0.717) is 6.54 Å². The number of carbonyl (C=O) groups is 1. The molecule has 3 rings (SSSR count). The van der Waals surface area contributed by atoms with E-state index in [1.807, 2.05) is 12.1 Å². The van der Waals surface area contributed by atoms with Gasteiger partial charge in [0.15, 0.2) is 0 Å². The Balaban J connectivity index is 1.38. The van der Waals surface area contributed by atoms with Crippen LogP contribution in [0.1, 0.15) is 17.5 Å². The van der Waals surface area contributed by atoms with Gasteiger partial charge in [-0.2, -0.15) is 0 Å². The predicted octanol–water partition coefficient (Wildman–Crippen LogP) is 0.899. The molecule has 1 amide bonds. The average Bonchev–Trinajstić information content (AvgIpc) is 2.74. The average molecular weight is 419 g/mol. The summed E-state index contributed by atoms with van der Waals surface area (Å²) in [6.07, 6.45) is 2.83. The molecule has 1 fully saturated rings. The molecule has 0 unspecified atom stereocenters. The molecule has 0 radical (unpaired) electrons. The molecule has 156 valence electrons. The molecule has 0 atom stereocenters. The Kier molecular flexibility index (Phi) is 7.70. The molecule has 9 heteroatoms. The van der Waals surface area contributed by atoms with Crippen LogP contribution in [0.4, 0.5) is 0 Å². The second kappa shape index (κ2) is 10.4. The van der Waals surface area contributed by atoms with Crippen LogP contribution < -0.4 is 10.0 Å². The molecule has 0 spiro atoms. The van der Waals surface area contributed by atoms with Gasteiger partial charge in [0, 0.05) is 51.5 Å². The van der Waals surface area contributed by atoms with Crippen molar-refractivity contribution in [3.05, 3.63) is 59.9 Å². The lowest BCUT2D eigenvalue weighted by atomic mass is 10.1. The van der Waals surface area contributed by atoms with E-state index in [1.165, 1.54) is 24.0 Å². The van der Waals surface area contributed by atoms with Gasteiger partial charge in [-0.3, -0.25) is 14.7 Å². The summed E-state index contributed by atoms with van der Waals surface area (Å²) in [6, 6.07) is 11.1. The van der Waals surface area contributed by atoms with Crippen LogP contribution in [0.2, 0.25) is 0 Å². The highest BCUT2D eigenvalue weighted by Crippen LogP contribution is 2.09. The molecule has 1 aromatic heterocycles. The molecule has 29 heavy (non-hydrogen) atoms. The van der Waals surface area contributed by atoms with E-state index in [-0.39, 0.29) is 23.8 Å². The summed E-state index contributed by atoms with van der Waals surface area (Å²) in [5.74, 6) is -0.212. The third-order valence-electron chi connectivity index (χ3n) is 4.61. The number of carbonyl (C=O) groups excluding carboxylic acids is 1. The van der Waals surface area contributed by atoms with E-state index >= 15 is 0 Å². The van der Waals surface area contributed by atoms with E-state index < -0.39 is 10.0 Å². The molecule has 2 heterocycles. The van der Waals surface area contributed by atoms with Crippen LogP contribution in [0.15, 0.2) is 53.7 Å². The molecule has 0 saturated carbocycles. The van der Waals surface area contributed by atoms with Gasteiger partial charge in [-0.25, -0.2) is 13.1 Å². The van der Waals surface area contributed by atoms with Gasteiger partial charge in [0.05, 0.1) is 13.2 Å². The zero-order valence-corrected chi connectivity index (χ0v) is 17.0. The van der Waals surface area contributed by atoms with Crippen molar-refractivity contribution in [1.29, 1.82) is 0 Å². The van der Waals surface area contributed by atoms with Crippen LogP contribution in [0.3, 0.4) is 0 Å². The lowest BCUT2D eigenvalue weighted by Gasteiger charge is -2.26. The van der Waals surface area contributed by atoms with Crippen molar-refractivity contribution in [2.75, 3.05) is 32.8 Å². The number of nitrogens with one attached hydrogen (secondary N) is 2.